The van der Waals surface area contributed by atoms with E-state index in [2.05, 4.69) is 33.9 Å². The first-order chi connectivity index (χ1) is 12.1. The van der Waals surface area contributed by atoms with Crippen molar-refractivity contribution in [2.45, 2.75) is 22.9 Å². The molecular formula is C17H17BrN2O4S2. The zero-order valence-corrected chi connectivity index (χ0v) is 17.3. The second kappa shape index (κ2) is 6.65. The molecule has 1 aliphatic heterocycles. The molecule has 2 N–H and O–H groups in total. The summed E-state index contributed by atoms with van der Waals surface area (Å²) < 4.78 is 33.1. The molecule has 0 spiro atoms. The summed E-state index contributed by atoms with van der Waals surface area (Å²) in [6, 6.07) is 11.8. The third kappa shape index (κ3) is 3.07. The quantitative estimate of drug-likeness (QED) is 0.487. The maximum Gasteiger partial charge on any atom is 0.294 e. The Balaban J connectivity index is 2.27. The molecule has 2 unspecified atom stereocenters. The van der Waals surface area contributed by atoms with E-state index in [1.807, 2.05) is 24.3 Å². The summed E-state index contributed by atoms with van der Waals surface area (Å²) in [6.45, 7) is 1.57. The minimum absolute atomic E-state index is 0.188. The summed E-state index contributed by atoms with van der Waals surface area (Å²) in [4.78, 5) is 14.5. The van der Waals surface area contributed by atoms with Crippen molar-refractivity contribution in [1.82, 2.24) is 10.2 Å². The summed E-state index contributed by atoms with van der Waals surface area (Å²) in [5.74, 6) is -0.213. The van der Waals surface area contributed by atoms with Crippen molar-refractivity contribution in [2.24, 2.45) is 0 Å². The molecule has 1 aliphatic rings. The van der Waals surface area contributed by atoms with Gasteiger partial charge in [0, 0.05) is 11.5 Å². The van der Waals surface area contributed by atoms with Gasteiger partial charge in [-0.3, -0.25) is 14.7 Å². The van der Waals surface area contributed by atoms with Crippen LogP contribution < -0.4 is 5.32 Å². The fourth-order valence-electron chi connectivity index (χ4n) is 3.20. The van der Waals surface area contributed by atoms with Crippen LogP contribution in [0.1, 0.15) is 16.7 Å². The first-order valence-electron chi connectivity index (χ1n) is 7.65. The van der Waals surface area contributed by atoms with Gasteiger partial charge in [-0.25, -0.2) is 0 Å². The van der Waals surface area contributed by atoms with E-state index in [9.17, 15) is 17.8 Å². The van der Waals surface area contributed by atoms with Gasteiger partial charge in [0.05, 0.1) is 4.90 Å². The molecule has 1 saturated heterocycles. The molecule has 2 aromatic rings. The fourth-order valence-corrected chi connectivity index (χ4v) is 4.61. The Kier molecular flexibility index (Phi) is 4.95. The van der Waals surface area contributed by atoms with E-state index < -0.39 is 21.2 Å². The van der Waals surface area contributed by atoms with Crippen molar-refractivity contribution in [3.8, 4) is 0 Å². The number of carbonyl (C=O) groups excluding carboxylic acids is 1. The van der Waals surface area contributed by atoms with Crippen LogP contribution in [0.15, 0.2) is 51.8 Å². The zero-order chi connectivity index (χ0) is 19.3. The largest absolute Gasteiger partial charge is 0.319 e. The number of rotatable bonds is 3. The van der Waals surface area contributed by atoms with Crippen LogP contribution in [0.2, 0.25) is 0 Å². The SMILES string of the molecule is Cc1cc(C2(c3cccc(Br)c3)NC(S)N(C)C2=O)ccc1S(=O)(=O)O. The maximum absolute atomic E-state index is 13.2. The van der Waals surface area contributed by atoms with E-state index in [-0.39, 0.29) is 10.8 Å². The van der Waals surface area contributed by atoms with Gasteiger partial charge in [-0.1, -0.05) is 40.2 Å². The average molecular weight is 457 g/mol. The topological polar surface area (TPSA) is 86.7 Å². The standard InChI is InChI=1S/C17H17BrN2O4S2/c1-10-8-12(6-7-14(10)26(22,23)24)17(11-4-3-5-13(18)9-11)15(21)20(2)16(25)19-17/h3-9,16,19,25H,1-2H3,(H,22,23,24). The normalized spacial score (nSPS) is 23.5. The summed E-state index contributed by atoms with van der Waals surface area (Å²) in [7, 11) is -2.69. The van der Waals surface area contributed by atoms with Crippen LogP contribution in [0.3, 0.4) is 0 Å². The van der Waals surface area contributed by atoms with Crippen LogP contribution in [-0.2, 0) is 20.5 Å². The van der Waals surface area contributed by atoms with Crippen LogP contribution in [0.5, 0.6) is 0 Å². The molecule has 0 radical (unpaired) electrons. The number of nitrogens with one attached hydrogen (secondary N) is 1. The Morgan fingerprint density at radius 3 is 2.38 bits per heavy atom. The molecule has 0 bridgehead atoms. The molecule has 1 fully saturated rings. The number of halogens is 1. The van der Waals surface area contributed by atoms with Gasteiger partial charge in [-0.15, -0.1) is 12.6 Å². The maximum atomic E-state index is 13.2. The van der Waals surface area contributed by atoms with E-state index in [0.717, 1.165) is 4.47 Å². The Morgan fingerprint density at radius 1 is 1.23 bits per heavy atom. The highest BCUT2D eigenvalue weighted by Crippen LogP contribution is 2.39. The molecule has 0 saturated carbocycles. The predicted octanol–water partition coefficient (Wildman–Crippen LogP) is 2.52. The van der Waals surface area contributed by atoms with Crippen molar-refractivity contribution in [2.75, 3.05) is 7.05 Å². The third-order valence-corrected chi connectivity index (χ3v) is 6.48. The average Bonchev–Trinajstić information content (AvgIpc) is 2.79. The minimum atomic E-state index is -4.34. The lowest BCUT2D eigenvalue weighted by molar-refractivity contribution is -0.130. The van der Waals surface area contributed by atoms with Gasteiger partial charge in [0.1, 0.15) is 5.50 Å². The summed E-state index contributed by atoms with van der Waals surface area (Å²) in [5, 5.41) is 3.22. The highest BCUT2D eigenvalue weighted by Gasteiger charge is 2.51. The molecule has 2 aromatic carbocycles. The van der Waals surface area contributed by atoms with E-state index >= 15 is 0 Å². The number of likely N-dealkylation sites (N-methyl/N-ethyl adjacent to an activating group) is 1. The van der Waals surface area contributed by atoms with Gasteiger partial charge < -0.3 is 4.90 Å². The molecule has 1 amide bonds. The number of hydrogen-bond acceptors (Lipinski definition) is 5. The molecule has 6 nitrogen and oxygen atoms in total. The van der Waals surface area contributed by atoms with Crippen LogP contribution in [0.4, 0.5) is 0 Å². The second-order valence-corrected chi connectivity index (χ2v) is 8.94. The first kappa shape index (κ1) is 19.4. The number of thiol groups is 1. The molecule has 1 heterocycles. The Labute approximate surface area is 165 Å². The van der Waals surface area contributed by atoms with Crippen LogP contribution in [0.25, 0.3) is 0 Å². The molecule has 138 valence electrons. The van der Waals surface area contributed by atoms with Crippen molar-refractivity contribution >= 4 is 44.6 Å². The van der Waals surface area contributed by atoms with Crippen LogP contribution >= 0.6 is 28.6 Å². The van der Waals surface area contributed by atoms with Gasteiger partial charge in [0.25, 0.3) is 16.0 Å². The van der Waals surface area contributed by atoms with Crippen molar-refractivity contribution in [3.63, 3.8) is 0 Å². The lowest BCUT2D eigenvalue weighted by Gasteiger charge is -2.29. The van der Waals surface area contributed by atoms with Crippen molar-refractivity contribution in [3.05, 3.63) is 63.6 Å². The number of benzene rings is 2. The highest BCUT2D eigenvalue weighted by molar-refractivity contribution is 9.10. The Morgan fingerprint density at radius 2 is 1.88 bits per heavy atom. The van der Waals surface area contributed by atoms with Crippen LogP contribution in [0, 0.1) is 6.92 Å². The van der Waals surface area contributed by atoms with Gasteiger partial charge in [0.2, 0.25) is 0 Å². The second-order valence-electron chi connectivity index (χ2n) is 6.15. The molecule has 9 heteroatoms. The van der Waals surface area contributed by atoms with Gasteiger partial charge in [-0.05, 0) is 41.8 Å². The first-order valence-corrected chi connectivity index (χ1v) is 10.4. The number of amides is 1. The van der Waals surface area contributed by atoms with E-state index in [1.165, 1.54) is 17.0 Å². The highest BCUT2D eigenvalue weighted by atomic mass is 79.9. The third-order valence-electron chi connectivity index (χ3n) is 4.50. The van der Waals surface area contributed by atoms with E-state index in [1.54, 1.807) is 20.0 Å². The molecule has 0 aromatic heterocycles. The molecule has 0 aliphatic carbocycles. The van der Waals surface area contributed by atoms with Crippen molar-refractivity contribution in [1.29, 1.82) is 0 Å². The summed E-state index contributed by atoms with van der Waals surface area (Å²) in [6.07, 6.45) is 0. The lowest BCUT2D eigenvalue weighted by Crippen LogP contribution is -2.45. The van der Waals surface area contributed by atoms with Gasteiger partial charge in [0.15, 0.2) is 5.54 Å². The monoisotopic (exact) mass is 456 g/mol. The number of hydrogen-bond donors (Lipinski definition) is 3. The Hall–Kier alpha value is -1.39. The van der Waals surface area contributed by atoms with Crippen molar-refractivity contribution < 1.29 is 17.8 Å². The Bertz CT molecular complexity index is 996. The number of nitrogens with zero attached hydrogens (tertiary/aromatic N) is 1. The fraction of sp³-hybridized carbons (Fsp3) is 0.235. The lowest BCUT2D eigenvalue weighted by atomic mass is 9.82. The molecule has 26 heavy (non-hydrogen) atoms. The van der Waals surface area contributed by atoms with E-state index in [4.69, 9.17) is 0 Å². The summed E-state index contributed by atoms with van der Waals surface area (Å²) in [5.41, 5.74) is -0.122. The minimum Gasteiger partial charge on any atom is -0.319 e. The van der Waals surface area contributed by atoms with Gasteiger partial charge >= 0.3 is 0 Å². The molecule has 2 atom stereocenters. The zero-order valence-electron chi connectivity index (χ0n) is 14.0. The van der Waals surface area contributed by atoms with Gasteiger partial charge in [-0.2, -0.15) is 8.42 Å². The van der Waals surface area contributed by atoms with Crippen LogP contribution in [-0.4, -0.2) is 36.3 Å². The molecular weight excluding hydrogens is 440 g/mol. The van der Waals surface area contributed by atoms with E-state index in [0.29, 0.717) is 16.7 Å². The predicted molar refractivity (Wildman–Crippen MR) is 105 cm³/mol. The number of carbonyl (C=O) groups is 1. The molecule has 3 rings (SSSR count). The number of aryl methyl sites for hydroxylation is 1. The smallest absolute Gasteiger partial charge is 0.294 e. The summed E-state index contributed by atoms with van der Waals surface area (Å²) >= 11 is 7.85.